The van der Waals surface area contributed by atoms with Crippen LogP contribution in [0.25, 0.3) is 0 Å². The van der Waals surface area contributed by atoms with Crippen molar-refractivity contribution in [3.8, 4) is 0 Å². The van der Waals surface area contributed by atoms with E-state index < -0.39 is 0 Å². The van der Waals surface area contributed by atoms with Gasteiger partial charge >= 0.3 is 6.09 Å². The molecule has 0 bridgehead atoms. The molecule has 1 amide bonds. The van der Waals surface area contributed by atoms with Crippen LogP contribution in [0.2, 0.25) is 0 Å². The van der Waals surface area contributed by atoms with Crippen molar-refractivity contribution in [2.24, 2.45) is 5.92 Å². The molecule has 98 valence electrons. The highest BCUT2D eigenvalue weighted by Crippen LogP contribution is 2.25. The summed E-state index contributed by atoms with van der Waals surface area (Å²) in [5.74, 6) is 0.680. The summed E-state index contributed by atoms with van der Waals surface area (Å²) in [6.07, 6.45) is 6.62. The predicted molar refractivity (Wildman–Crippen MR) is 64.9 cm³/mol. The summed E-state index contributed by atoms with van der Waals surface area (Å²) in [6.45, 7) is 3.63. The quantitative estimate of drug-likeness (QED) is 0.825. The molecule has 0 aromatic heterocycles. The molecule has 2 rings (SSSR count). The van der Waals surface area contributed by atoms with Gasteiger partial charge in [0.2, 0.25) is 0 Å². The summed E-state index contributed by atoms with van der Waals surface area (Å²) in [4.78, 5) is 11.6. The first kappa shape index (κ1) is 12.7. The molecule has 1 unspecified atom stereocenters. The summed E-state index contributed by atoms with van der Waals surface area (Å²) in [6, 6.07) is 0. The van der Waals surface area contributed by atoms with E-state index in [4.69, 9.17) is 9.47 Å². The van der Waals surface area contributed by atoms with Crippen molar-refractivity contribution in [1.82, 2.24) is 5.32 Å². The minimum atomic E-state index is -0.278. The van der Waals surface area contributed by atoms with E-state index in [1.165, 1.54) is 12.8 Å². The summed E-state index contributed by atoms with van der Waals surface area (Å²) >= 11 is 0. The fraction of sp³-hybridized carbons (Fsp3) is 0.923. The molecule has 4 nitrogen and oxygen atoms in total. The third-order valence-corrected chi connectivity index (χ3v) is 3.66. The second kappa shape index (κ2) is 6.24. The molecule has 1 heterocycles. The third kappa shape index (κ3) is 4.19. The normalized spacial score (nSPS) is 33.4. The molecule has 0 aromatic rings. The minimum Gasteiger partial charge on any atom is -0.446 e. The molecule has 1 aliphatic carbocycles. The molecule has 17 heavy (non-hydrogen) atoms. The molecule has 0 aromatic carbocycles. The van der Waals surface area contributed by atoms with Gasteiger partial charge in [-0.2, -0.15) is 0 Å². The average Bonchev–Trinajstić information content (AvgIpc) is 2.79. The maximum atomic E-state index is 11.6. The summed E-state index contributed by atoms with van der Waals surface area (Å²) < 4.78 is 10.9. The number of hydrogen-bond donors (Lipinski definition) is 1. The Hall–Kier alpha value is -0.770. The van der Waals surface area contributed by atoms with Crippen LogP contribution in [0.5, 0.6) is 0 Å². The van der Waals surface area contributed by atoms with E-state index >= 15 is 0 Å². The first-order chi connectivity index (χ1) is 8.24. The van der Waals surface area contributed by atoms with Crippen molar-refractivity contribution in [2.75, 3.05) is 13.2 Å². The van der Waals surface area contributed by atoms with E-state index in [0.717, 1.165) is 32.3 Å². The standard InChI is InChI=1S/C13H23NO3/c1-10-4-2-5-11(8-10)17-13(15)14-9-12-6-3-7-16-12/h10-12H,2-9H2,1H3,(H,14,15)/t10-,11+,12?/m1/s1. The van der Waals surface area contributed by atoms with Gasteiger partial charge in [0.25, 0.3) is 0 Å². The Bertz CT molecular complexity index is 251. The van der Waals surface area contributed by atoms with Crippen LogP contribution < -0.4 is 5.32 Å². The van der Waals surface area contributed by atoms with Crippen LogP contribution in [0.1, 0.15) is 45.4 Å². The number of nitrogens with one attached hydrogen (secondary N) is 1. The Labute approximate surface area is 103 Å². The molecule has 0 spiro atoms. The van der Waals surface area contributed by atoms with Crippen LogP contribution in [0.4, 0.5) is 4.79 Å². The Kier molecular flexibility index (Phi) is 4.66. The van der Waals surface area contributed by atoms with Gasteiger partial charge in [-0.3, -0.25) is 0 Å². The molecule has 2 fully saturated rings. The lowest BCUT2D eigenvalue weighted by Gasteiger charge is -2.26. The number of hydrogen-bond acceptors (Lipinski definition) is 3. The van der Waals surface area contributed by atoms with E-state index in [-0.39, 0.29) is 18.3 Å². The lowest BCUT2D eigenvalue weighted by molar-refractivity contribution is 0.0562. The van der Waals surface area contributed by atoms with Gasteiger partial charge in [0.1, 0.15) is 6.10 Å². The van der Waals surface area contributed by atoms with Gasteiger partial charge < -0.3 is 14.8 Å². The van der Waals surface area contributed by atoms with Crippen LogP contribution in [-0.2, 0) is 9.47 Å². The number of alkyl carbamates (subject to hydrolysis) is 1. The molecule has 4 heteroatoms. The summed E-state index contributed by atoms with van der Waals surface area (Å²) in [7, 11) is 0. The number of rotatable bonds is 3. The molecule has 2 aliphatic rings. The van der Waals surface area contributed by atoms with Crippen molar-refractivity contribution >= 4 is 6.09 Å². The van der Waals surface area contributed by atoms with Crippen LogP contribution in [-0.4, -0.2) is 31.5 Å². The van der Waals surface area contributed by atoms with Crippen molar-refractivity contribution in [3.05, 3.63) is 0 Å². The zero-order valence-electron chi connectivity index (χ0n) is 10.6. The van der Waals surface area contributed by atoms with Crippen LogP contribution in [0.15, 0.2) is 0 Å². The van der Waals surface area contributed by atoms with Crippen molar-refractivity contribution in [1.29, 1.82) is 0 Å². The van der Waals surface area contributed by atoms with Crippen LogP contribution in [0, 0.1) is 5.92 Å². The maximum absolute atomic E-state index is 11.6. The van der Waals surface area contributed by atoms with Gasteiger partial charge in [-0.1, -0.05) is 13.3 Å². The molecule has 1 saturated heterocycles. The monoisotopic (exact) mass is 241 g/mol. The molecule has 1 N–H and O–H groups in total. The number of carbonyl (C=O) groups excluding carboxylic acids is 1. The predicted octanol–water partition coefficient (Wildman–Crippen LogP) is 2.47. The van der Waals surface area contributed by atoms with Crippen LogP contribution >= 0.6 is 0 Å². The second-order valence-corrected chi connectivity index (χ2v) is 5.32. The Balaban J connectivity index is 1.62. The van der Waals surface area contributed by atoms with E-state index in [1.54, 1.807) is 0 Å². The SMILES string of the molecule is C[C@@H]1CCC[C@H](OC(=O)NCC2CCCO2)C1. The van der Waals surface area contributed by atoms with Crippen molar-refractivity contribution < 1.29 is 14.3 Å². The summed E-state index contributed by atoms with van der Waals surface area (Å²) in [5.41, 5.74) is 0. The Morgan fingerprint density at radius 1 is 1.35 bits per heavy atom. The molecule has 1 saturated carbocycles. The van der Waals surface area contributed by atoms with Gasteiger partial charge in [-0.15, -0.1) is 0 Å². The Morgan fingerprint density at radius 3 is 2.94 bits per heavy atom. The van der Waals surface area contributed by atoms with E-state index in [9.17, 15) is 4.79 Å². The lowest BCUT2D eigenvalue weighted by Crippen LogP contribution is -2.35. The molecular formula is C13H23NO3. The third-order valence-electron chi connectivity index (χ3n) is 3.66. The smallest absolute Gasteiger partial charge is 0.407 e. The summed E-state index contributed by atoms with van der Waals surface area (Å²) in [5, 5.41) is 2.80. The number of ether oxygens (including phenoxy) is 2. The fourth-order valence-corrected chi connectivity index (χ4v) is 2.68. The highest BCUT2D eigenvalue weighted by atomic mass is 16.6. The first-order valence-corrected chi connectivity index (χ1v) is 6.80. The zero-order valence-corrected chi connectivity index (χ0v) is 10.6. The van der Waals surface area contributed by atoms with Gasteiger partial charge in [0, 0.05) is 13.2 Å². The zero-order chi connectivity index (χ0) is 12.1. The fourth-order valence-electron chi connectivity index (χ4n) is 2.68. The maximum Gasteiger partial charge on any atom is 0.407 e. The molecule has 0 radical (unpaired) electrons. The molecular weight excluding hydrogens is 218 g/mol. The minimum absolute atomic E-state index is 0.114. The first-order valence-electron chi connectivity index (χ1n) is 6.80. The highest BCUT2D eigenvalue weighted by Gasteiger charge is 2.23. The second-order valence-electron chi connectivity index (χ2n) is 5.32. The molecule has 1 aliphatic heterocycles. The largest absolute Gasteiger partial charge is 0.446 e. The van der Waals surface area contributed by atoms with E-state index in [2.05, 4.69) is 12.2 Å². The van der Waals surface area contributed by atoms with Crippen molar-refractivity contribution in [3.63, 3.8) is 0 Å². The average molecular weight is 241 g/mol. The highest BCUT2D eigenvalue weighted by molar-refractivity contribution is 5.67. The van der Waals surface area contributed by atoms with E-state index in [0.29, 0.717) is 12.5 Å². The van der Waals surface area contributed by atoms with Gasteiger partial charge in [-0.05, 0) is 38.0 Å². The topological polar surface area (TPSA) is 47.6 Å². The van der Waals surface area contributed by atoms with Gasteiger partial charge in [0.15, 0.2) is 0 Å². The lowest BCUT2D eigenvalue weighted by atomic mass is 9.89. The number of amides is 1. The Morgan fingerprint density at radius 2 is 2.24 bits per heavy atom. The van der Waals surface area contributed by atoms with Crippen molar-refractivity contribution in [2.45, 2.75) is 57.7 Å². The van der Waals surface area contributed by atoms with Gasteiger partial charge in [0.05, 0.1) is 6.10 Å². The van der Waals surface area contributed by atoms with E-state index in [1.807, 2.05) is 0 Å². The number of carbonyl (C=O) groups is 1. The van der Waals surface area contributed by atoms with Crippen LogP contribution in [0.3, 0.4) is 0 Å². The molecule has 3 atom stereocenters. The van der Waals surface area contributed by atoms with Gasteiger partial charge in [-0.25, -0.2) is 4.79 Å².